The Morgan fingerprint density at radius 3 is 2.88 bits per heavy atom. The summed E-state index contributed by atoms with van der Waals surface area (Å²) in [6.07, 6.45) is 2.86. The van der Waals surface area contributed by atoms with Crippen LogP contribution in [0.25, 0.3) is 0 Å². The molecule has 1 fully saturated rings. The lowest BCUT2D eigenvalue weighted by Crippen LogP contribution is -2.38. The summed E-state index contributed by atoms with van der Waals surface area (Å²) in [5.74, 6) is 0. The highest BCUT2D eigenvalue weighted by atomic mass is 35.5. The predicted molar refractivity (Wildman–Crippen MR) is 72.4 cm³/mol. The van der Waals surface area contributed by atoms with Gasteiger partial charge in [0, 0.05) is 10.1 Å². The average Bonchev–Trinajstić information content (AvgIpc) is 2.76. The lowest BCUT2D eigenvalue weighted by atomic mass is 10.0. The summed E-state index contributed by atoms with van der Waals surface area (Å²) < 4.78 is 0. The number of nitriles is 1. The fraction of sp³-hybridized carbons (Fsp3) is 0.462. The Balaban J connectivity index is 2.04. The lowest BCUT2D eigenvalue weighted by Gasteiger charge is -2.19. The van der Waals surface area contributed by atoms with Gasteiger partial charge in [0.2, 0.25) is 0 Å². The number of nitrogens with one attached hydrogen (secondary N) is 1. The van der Waals surface area contributed by atoms with E-state index in [1.807, 2.05) is 31.3 Å². The summed E-state index contributed by atoms with van der Waals surface area (Å²) in [5.41, 5.74) is -0.334. The van der Waals surface area contributed by atoms with Crippen molar-refractivity contribution in [3.05, 3.63) is 29.3 Å². The summed E-state index contributed by atoms with van der Waals surface area (Å²) in [4.78, 5) is 1.11. The van der Waals surface area contributed by atoms with Crippen molar-refractivity contribution < 1.29 is 0 Å². The van der Waals surface area contributed by atoms with Gasteiger partial charge in [-0.1, -0.05) is 23.7 Å². The second-order valence-corrected chi connectivity index (χ2v) is 6.11. The minimum Gasteiger partial charge on any atom is -0.302 e. The molecule has 0 radical (unpaired) electrons. The molecule has 4 heteroatoms. The zero-order valence-electron chi connectivity index (χ0n) is 9.74. The fourth-order valence-electron chi connectivity index (χ4n) is 2.21. The summed E-state index contributed by atoms with van der Waals surface area (Å²) >= 11 is 7.93. The molecule has 17 heavy (non-hydrogen) atoms. The van der Waals surface area contributed by atoms with E-state index in [-0.39, 0.29) is 5.54 Å². The van der Waals surface area contributed by atoms with E-state index in [2.05, 4.69) is 11.4 Å². The summed E-state index contributed by atoms with van der Waals surface area (Å²) in [6, 6.07) is 10.3. The molecule has 0 aliphatic heterocycles. The first-order chi connectivity index (χ1) is 8.19. The first-order valence-electron chi connectivity index (χ1n) is 5.70. The summed E-state index contributed by atoms with van der Waals surface area (Å²) in [7, 11) is 1.87. The van der Waals surface area contributed by atoms with E-state index in [0.717, 1.165) is 29.2 Å². The van der Waals surface area contributed by atoms with E-state index >= 15 is 0 Å². The monoisotopic (exact) mass is 266 g/mol. The SMILES string of the molecule is CNC1(C#N)CCC(Sc2ccccc2Cl)C1. The van der Waals surface area contributed by atoms with Crippen LogP contribution < -0.4 is 5.32 Å². The van der Waals surface area contributed by atoms with Gasteiger partial charge in [-0.05, 0) is 38.4 Å². The quantitative estimate of drug-likeness (QED) is 0.910. The first kappa shape index (κ1) is 12.8. The fourth-order valence-corrected chi connectivity index (χ4v) is 3.77. The molecule has 0 bridgehead atoms. The molecule has 2 unspecified atom stereocenters. The van der Waals surface area contributed by atoms with Gasteiger partial charge in [0.1, 0.15) is 5.54 Å². The number of thioether (sulfide) groups is 1. The van der Waals surface area contributed by atoms with Crippen molar-refractivity contribution in [3.63, 3.8) is 0 Å². The smallest absolute Gasteiger partial charge is 0.107 e. The third-order valence-electron chi connectivity index (χ3n) is 3.29. The van der Waals surface area contributed by atoms with E-state index < -0.39 is 0 Å². The van der Waals surface area contributed by atoms with Crippen molar-refractivity contribution in [3.8, 4) is 6.07 Å². The highest BCUT2D eigenvalue weighted by Gasteiger charge is 2.38. The number of benzene rings is 1. The van der Waals surface area contributed by atoms with Crippen molar-refractivity contribution in [1.29, 1.82) is 5.26 Å². The summed E-state index contributed by atoms with van der Waals surface area (Å²) in [6.45, 7) is 0. The molecule has 1 aromatic rings. The second kappa shape index (κ2) is 5.30. The Kier molecular flexibility index (Phi) is 3.98. The molecule has 1 N–H and O–H groups in total. The van der Waals surface area contributed by atoms with E-state index in [1.165, 1.54) is 0 Å². The van der Waals surface area contributed by atoms with Crippen LogP contribution in [-0.2, 0) is 0 Å². The van der Waals surface area contributed by atoms with Crippen molar-refractivity contribution in [2.45, 2.75) is 34.9 Å². The average molecular weight is 267 g/mol. The van der Waals surface area contributed by atoms with Gasteiger partial charge in [-0.25, -0.2) is 0 Å². The number of nitrogens with zero attached hydrogens (tertiary/aromatic N) is 1. The largest absolute Gasteiger partial charge is 0.302 e. The molecule has 2 atom stereocenters. The molecule has 1 aromatic carbocycles. The van der Waals surface area contributed by atoms with Gasteiger partial charge in [-0.15, -0.1) is 11.8 Å². The molecule has 1 aliphatic carbocycles. The number of hydrogen-bond donors (Lipinski definition) is 1. The maximum absolute atomic E-state index is 9.21. The Labute approximate surface area is 111 Å². The zero-order chi connectivity index (χ0) is 12.3. The van der Waals surface area contributed by atoms with Crippen LogP contribution in [0.1, 0.15) is 19.3 Å². The molecular formula is C13H15ClN2S. The third kappa shape index (κ3) is 2.77. The molecule has 0 aromatic heterocycles. The molecule has 1 saturated carbocycles. The minimum atomic E-state index is -0.334. The van der Waals surface area contributed by atoms with Gasteiger partial charge in [0.25, 0.3) is 0 Å². The van der Waals surface area contributed by atoms with Crippen LogP contribution in [0.5, 0.6) is 0 Å². The molecule has 0 heterocycles. The van der Waals surface area contributed by atoms with Crippen LogP contribution >= 0.6 is 23.4 Å². The molecule has 0 amide bonds. The van der Waals surface area contributed by atoms with Crippen LogP contribution in [0.15, 0.2) is 29.2 Å². The molecule has 2 rings (SSSR count). The molecule has 0 spiro atoms. The first-order valence-corrected chi connectivity index (χ1v) is 6.96. The van der Waals surface area contributed by atoms with Crippen molar-refractivity contribution >= 4 is 23.4 Å². The normalized spacial score (nSPS) is 27.9. The minimum absolute atomic E-state index is 0.334. The Hall–Kier alpha value is -0.690. The Morgan fingerprint density at radius 1 is 1.53 bits per heavy atom. The Bertz CT molecular complexity index is 443. The van der Waals surface area contributed by atoms with Crippen molar-refractivity contribution in [2.24, 2.45) is 0 Å². The van der Waals surface area contributed by atoms with Crippen LogP contribution in [0.3, 0.4) is 0 Å². The van der Waals surface area contributed by atoms with E-state index in [1.54, 1.807) is 11.8 Å². The van der Waals surface area contributed by atoms with Gasteiger partial charge in [-0.2, -0.15) is 5.26 Å². The highest BCUT2D eigenvalue weighted by Crippen LogP contribution is 2.41. The van der Waals surface area contributed by atoms with Gasteiger partial charge in [-0.3, -0.25) is 0 Å². The molecule has 2 nitrogen and oxygen atoms in total. The lowest BCUT2D eigenvalue weighted by molar-refractivity contribution is 0.464. The van der Waals surface area contributed by atoms with Gasteiger partial charge >= 0.3 is 0 Å². The van der Waals surface area contributed by atoms with Crippen molar-refractivity contribution in [2.75, 3.05) is 7.05 Å². The number of hydrogen-bond acceptors (Lipinski definition) is 3. The topological polar surface area (TPSA) is 35.8 Å². The van der Waals surface area contributed by atoms with Crippen molar-refractivity contribution in [1.82, 2.24) is 5.32 Å². The zero-order valence-corrected chi connectivity index (χ0v) is 11.3. The van der Waals surface area contributed by atoms with Gasteiger partial charge in [0.05, 0.1) is 11.1 Å². The standard InChI is InChI=1S/C13H15ClN2S/c1-16-13(9-15)7-6-10(8-13)17-12-5-3-2-4-11(12)14/h2-5,10,16H,6-8H2,1H3. The summed E-state index contributed by atoms with van der Waals surface area (Å²) in [5, 5.41) is 13.6. The van der Waals surface area contributed by atoms with Crippen LogP contribution in [0.2, 0.25) is 5.02 Å². The molecule has 90 valence electrons. The van der Waals surface area contributed by atoms with Gasteiger partial charge < -0.3 is 5.32 Å². The van der Waals surface area contributed by atoms with Gasteiger partial charge in [0.15, 0.2) is 0 Å². The molecular weight excluding hydrogens is 252 g/mol. The maximum Gasteiger partial charge on any atom is 0.107 e. The van der Waals surface area contributed by atoms with E-state index in [9.17, 15) is 5.26 Å². The van der Waals surface area contributed by atoms with Crippen LogP contribution in [0, 0.1) is 11.3 Å². The number of rotatable bonds is 3. The molecule has 0 saturated heterocycles. The van der Waals surface area contributed by atoms with Crippen LogP contribution in [0.4, 0.5) is 0 Å². The third-order valence-corrected chi connectivity index (χ3v) is 5.08. The van der Waals surface area contributed by atoms with E-state index in [0.29, 0.717) is 5.25 Å². The van der Waals surface area contributed by atoms with Crippen LogP contribution in [-0.4, -0.2) is 17.8 Å². The number of halogens is 1. The predicted octanol–water partition coefficient (Wildman–Crippen LogP) is 3.47. The molecule has 1 aliphatic rings. The highest BCUT2D eigenvalue weighted by molar-refractivity contribution is 8.00. The van der Waals surface area contributed by atoms with E-state index in [4.69, 9.17) is 11.6 Å². The Morgan fingerprint density at radius 2 is 2.29 bits per heavy atom. The maximum atomic E-state index is 9.21. The second-order valence-electron chi connectivity index (χ2n) is 4.36.